The van der Waals surface area contributed by atoms with Crippen LogP contribution in [-0.4, -0.2) is 34.9 Å². The summed E-state index contributed by atoms with van der Waals surface area (Å²) in [6.45, 7) is 4.23. The number of amides is 1. The van der Waals surface area contributed by atoms with E-state index in [9.17, 15) is 4.79 Å². The van der Waals surface area contributed by atoms with E-state index in [0.29, 0.717) is 0 Å². The van der Waals surface area contributed by atoms with Gasteiger partial charge in [0.25, 0.3) is 0 Å². The van der Waals surface area contributed by atoms with Crippen molar-refractivity contribution in [2.45, 2.75) is 44.9 Å². The van der Waals surface area contributed by atoms with Gasteiger partial charge in [-0.05, 0) is 54.2 Å². The molecule has 0 saturated carbocycles. The van der Waals surface area contributed by atoms with Gasteiger partial charge in [-0.1, -0.05) is 6.92 Å². The van der Waals surface area contributed by atoms with Crippen molar-refractivity contribution in [1.82, 2.24) is 10.2 Å². The summed E-state index contributed by atoms with van der Waals surface area (Å²) in [7, 11) is 0. The van der Waals surface area contributed by atoms with E-state index in [0.717, 1.165) is 18.6 Å². The molecule has 2 rings (SSSR count). The van der Waals surface area contributed by atoms with E-state index >= 15 is 0 Å². The molecular formula is C14H22N2OS2. The van der Waals surface area contributed by atoms with Gasteiger partial charge in [0.1, 0.15) is 6.17 Å². The molecule has 1 saturated heterocycles. The quantitative estimate of drug-likeness (QED) is 0.876. The van der Waals surface area contributed by atoms with E-state index in [1.165, 1.54) is 5.56 Å². The van der Waals surface area contributed by atoms with E-state index in [2.05, 4.69) is 42.2 Å². The first kappa shape index (κ1) is 14.9. The van der Waals surface area contributed by atoms with Crippen LogP contribution in [0.15, 0.2) is 16.8 Å². The molecule has 3 unspecified atom stereocenters. The van der Waals surface area contributed by atoms with Gasteiger partial charge in [-0.2, -0.15) is 23.1 Å². The topological polar surface area (TPSA) is 32.3 Å². The maximum atomic E-state index is 12.5. The van der Waals surface area contributed by atoms with E-state index < -0.39 is 0 Å². The number of thioether (sulfide) groups is 1. The largest absolute Gasteiger partial charge is 0.319 e. The lowest BCUT2D eigenvalue weighted by molar-refractivity contribution is -0.132. The van der Waals surface area contributed by atoms with E-state index in [4.69, 9.17) is 0 Å². The van der Waals surface area contributed by atoms with Gasteiger partial charge in [0.2, 0.25) is 5.91 Å². The molecule has 5 heteroatoms. The van der Waals surface area contributed by atoms with Crippen LogP contribution in [0.4, 0.5) is 0 Å². The third kappa shape index (κ3) is 3.15. The molecule has 1 aliphatic rings. The molecule has 1 fully saturated rings. The fourth-order valence-corrected chi connectivity index (χ4v) is 3.78. The summed E-state index contributed by atoms with van der Waals surface area (Å²) in [5, 5.41) is 7.69. The summed E-state index contributed by atoms with van der Waals surface area (Å²) in [5.41, 5.74) is 1.21. The highest BCUT2D eigenvalue weighted by Crippen LogP contribution is 2.30. The van der Waals surface area contributed by atoms with E-state index in [1.807, 2.05) is 16.7 Å². The van der Waals surface area contributed by atoms with Crippen molar-refractivity contribution < 1.29 is 4.79 Å². The Kier molecular flexibility index (Phi) is 5.30. The van der Waals surface area contributed by atoms with E-state index in [-0.39, 0.29) is 24.2 Å². The summed E-state index contributed by atoms with van der Waals surface area (Å²) >= 11 is 3.52. The monoisotopic (exact) mass is 298 g/mol. The van der Waals surface area contributed by atoms with Gasteiger partial charge in [0.05, 0.1) is 6.04 Å². The van der Waals surface area contributed by atoms with Crippen LogP contribution in [0.3, 0.4) is 0 Å². The van der Waals surface area contributed by atoms with Crippen molar-refractivity contribution in [1.29, 1.82) is 0 Å². The molecule has 0 aliphatic carbocycles. The van der Waals surface area contributed by atoms with Gasteiger partial charge in [-0.3, -0.25) is 10.1 Å². The molecule has 1 N–H and O–H groups in total. The van der Waals surface area contributed by atoms with Crippen LogP contribution in [0, 0.1) is 0 Å². The Balaban J connectivity index is 2.17. The number of carbonyl (C=O) groups excluding carboxylic acids is 1. The highest BCUT2D eigenvalue weighted by Gasteiger charge is 2.40. The van der Waals surface area contributed by atoms with Crippen LogP contribution in [0.2, 0.25) is 0 Å². The Morgan fingerprint density at radius 2 is 2.37 bits per heavy atom. The second kappa shape index (κ2) is 6.77. The minimum absolute atomic E-state index is 0.0263. The van der Waals surface area contributed by atoms with Crippen molar-refractivity contribution >= 4 is 29.0 Å². The molecule has 1 aromatic rings. The Hall–Kier alpha value is -0.520. The van der Waals surface area contributed by atoms with Crippen LogP contribution in [0.1, 0.15) is 38.4 Å². The van der Waals surface area contributed by atoms with Crippen molar-refractivity contribution in [2.75, 3.05) is 12.0 Å². The molecule has 106 valence electrons. The smallest absolute Gasteiger partial charge is 0.241 e. The van der Waals surface area contributed by atoms with Gasteiger partial charge in [0.15, 0.2) is 0 Å². The molecule has 0 bridgehead atoms. The minimum Gasteiger partial charge on any atom is -0.319 e. The third-order valence-corrected chi connectivity index (χ3v) is 5.02. The SMILES string of the molecule is CCC1NC(c2ccsc2)N(C(C)CCSC)C1=O. The Morgan fingerprint density at radius 3 is 2.95 bits per heavy atom. The average molecular weight is 298 g/mol. The molecule has 3 atom stereocenters. The molecule has 0 spiro atoms. The summed E-state index contributed by atoms with van der Waals surface area (Å²) in [4.78, 5) is 14.6. The molecule has 1 aliphatic heterocycles. The zero-order valence-electron chi connectivity index (χ0n) is 11.8. The predicted molar refractivity (Wildman–Crippen MR) is 83.6 cm³/mol. The van der Waals surface area contributed by atoms with Crippen LogP contribution < -0.4 is 5.32 Å². The van der Waals surface area contributed by atoms with Gasteiger partial charge < -0.3 is 4.90 Å². The molecule has 2 heterocycles. The van der Waals surface area contributed by atoms with Crippen LogP contribution in [-0.2, 0) is 4.79 Å². The molecule has 1 aromatic heterocycles. The highest BCUT2D eigenvalue weighted by atomic mass is 32.2. The van der Waals surface area contributed by atoms with E-state index in [1.54, 1.807) is 11.3 Å². The molecule has 0 aromatic carbocycles. The normalized spacial score (nSPS) is 25.0. The maximum Gasteiger partial charge on any atom is 0.241 e. The molecule has 0 radical (unpaired) electrons. The molecular weight excluding hydrogens is 276 g/mol. The minimum atomic E-state index is -0.0263. The van der Waals surface area contributed by atoms with Crippen molar-refractivity contribution in [3.05, 3.63) is 22.4 Å². The van der Waals surface area contributed by atoms with Crippen molar-refractivity contribution in [3.8, 4) is 0 Å². The van der Waals surface area contributed by atoms with Crippen molar-refractivity contribution in [2.24, 2.45) is 0 Å². The van der Waals surface area contributed by atoms with Crippen LogP contribution >= 0.6 is 23.1 Å². The lowest BCUT2D eigenvalue weighted by Crippen LogP contribution is -2.38. The van der Waals surface area contributed by atoms with Crippen molar-refractivity contribution in [3.63, 3.8) is 0 Å². The number of carbonyl (C=O) groups is 1. The third-order valence-electron chi connectivity index (χ3n) is 3.67. The van der Waals surface area contributed by atoms with Crippen LogP contribution in [0.25, 0.3) is 0 Å². The molecule has 3 nitrogen and oxygen atoms in total. The second-order valence-electron chi connectivity index (χ2n) is 4.96. The first-order valence-electron chi connectivity index (χ1n) is 6.78. The summed E-state index contributed by atoms with van der Waals surface area (Å²) < 4.78 is 0. The highest BCUT2D eigenvalue weighted by molar-refractivity contribution is 7.98. The standard InChI is InChI=1S/C14H22N2OS2/c1-4-12-14(17)16(10(2)5-7-18-3)13(15-12)11-6-8-19-9-11/h6,8-10,12-13,15H,4-5,7H2,1-3H3. The zero-order valence-corrected chi connectivity index (χ0v) is 13.4. The molecule has 1 amide bonds. The number of nitrogens with one attached hydrogen (secondary N) is 1. The summed E-state index contributed by atoms with van der Waals surface area (Å²) in [6, 6.07) is 2.37. The summed E-state index contributed by atoms with van der Waals surface area (Å²) in [6.07, 6.45) is 4.07. The van der Waals surface area contributed by atoms with Gasteiger partial charge >= 0.3 is 0 Å². The fraction of sp³-hybridized carbons (Fsp3) is 0.643. The number of thiophene rings is 1. The summed E-state index contributed by atoms with van der Waals surface area (Å²) in [5.74, 6) is 1.35. The average Bonchev–Trinajstić information content (AvgIpc) is 3.03. The van der Waals surface area contributed by atoms with Gasteiger partial charge in [-0.25, -0.2) is 0 Å². The Bertz CT molecular complexity index is 408. The first-order chi connectivity index (χ1) is 9.19. The predicted octanol–water partition coefficient (Wildman–Crippen LogP) is 3.10. The number of rotatable bonds is 6. The van der Waals surface area contributed by atoms with Crippen LogP contribution in [0.5, 0.6) is 0 Å². The second-order valence-corrected chi connectivity index (χ2v) is 6.73. The Labute approximate surface area is 123 Å². The Morgan fingerprint density at radius 1 is 1.58 bits per heavy atom. The maximum absolute atomic E-state index is 12.5. The molecule has 19 heavy (non-hydrogen) atoms. The zero-order chi connectivity index (χ0) is 13.8. The number of hydrogen-bond acceptors (Lipinski definition) is 4. The first-order valence-corrected chi connectivity index (χ1v) is 9.12. The van der Waals surface area contributed by atoms with Gasteiger partial charge in [-0.15, -0.1) is 0 Å². The lowest BCUT2D eigenvalue weighted by atomic mass is 10.1. The lowest BCUT2D eigenvalue weighted by Gasteiger charge is -2.30. The number of hydrogen-bond donors (Lipinski definition) is 1. The van der Waals surface area contributed by atoms with Gasteiger partial charge in [0, 0.05) is 6.04 Å². The fourth-order valence-electron chi connectivity index (χ4n) is 2.53. The number of nitrogens with zero attached hydrogens (tertiary/aromatic N) is 1.